The molecule has 80 valence electrons. The van der Waals surface area contributed by atoms with Crippen molar-refractivity contribution in [1.29, 1.82) is 0 Å². The molecule has 0 unspecified atom stereocenters. The topological polar surface area (TPSA) is 17.1 Å². The van der Waals surface area contributed by atoms with Crippen LogP contribution in [-0.2, 0) is 4.79 Å². The maximum atomic E-state index is 10.7. The SMILES string of the molecule is CC(=O)SCC=Cc1cccc(Cl)c1Br. The Bertz CT molecular complexity index is 390. The molecule has 0 atom stereocenters. The van der Waals surface area contributed by atoms with Crippen molar-refractivity contribution in [2.45, 2.75) is 6.92 Å². The standard InChI is InChI=1S/C11H10BrClOS/c1-8(14)15-7-3-5-9-4-2-6-10(13)11(9)12/h2-6H,7H2,1H3. The van der Waals surface area contributed by atoms with Crippen LogP contribution in [0.15, 0.2) is 28.7 Å². The number of carbonyl (C=O) groups is 1. The van der Waals surface area contributed by atoms with Gasteiger partial charge in [-0.15, -0.1) is 0 Å². The van der Waals surface area contributed by atoms with Gasteiger partial charge in [0.1, 0.15) is 0 Å². The highest BCUT2D eigenvalue weighted by atomic mass is 79.9. The number of halogens is 2. The van der Waals surface area contributed by atoms with E-state index in [2.05, 4.69) is 15.9 Å². The van der Waals surface area contributed by atoms with Crippen molar-refractivity contribution in [2.75, 3.05) is 5.75 Å². The number of rotatable bonds is 3. The average molecular weight is 306 g/mol. The molecule has 0 fully saturated rings. The van der Waals surface area contributed by atoms with E-state index < -0.39 is 0 Å². The predicted molar refractivity (Wildman–Crippen MR) is 71.3 cm³/mol. The fraction of sp³-hybridized carbons (Fsp3) is 0.182. The lowest BCUT2D eigenvalue weighted by Gasteiger charge is -1.99. The molecule has 1 rings (SSSR count). The van der Waals surface area contributed by atoms with Crippen molar-refractivity contribution in [3.63, 3.8) is 0 Å². The summed E-state index contributed by atoms with van der Waals surface area (Å²) in [6.07, 6.45) is 3.90. The minimum atomic E-state index is 0.129. The van der Waals surface area contributed by atoms with Crippen molar-refractivity contribution in [2.24, 2.45) is 0 Å². The quantitative estimate of drug-likeness (QED) is 0.823. The summed E-state index contributed by atoms with van der Waals surface area (Å²) in [4.78, 5) is 10.7. The van der Waals surface area contributed by atoms with Gasteiger partial charge in [0, 0.05) is 17.1 Å². The van der Waals surface area contributed by atoms with Gasteiger partial charge in [-0.1, -0.05) is 47.6 Å². The Morgan fingerprint density at radius 2 is 2.33 bits per heavy atom. The van der Waals surface area contributed by atoms with E-state index in [0.717, 1.165) is 10.0 Å². The Morgan fingerprint density at radius 1 is 1.60 bits per heavy atom. The highest BCUT2D eigenvalue weighted by Crippen LogP contribution is 2.26. The molecule has 0 saturated heterocycles. The van der Waals surface area contributed by atoms with Gasteiger partial charge in [-0.3, -0.25) is 4.79 Å². The lowest BCUT2D eigenvalue weighted by molar-refractivity contribution is -0.109. The summed E-state index contributed by atoms with van der Waals surface area (Å²) >= 11 is 10.6. The maximum absolute atomic E-state index is 10.7. The van der Waals surface area contributed by atoms with Crippen molar-refractivity contribution < 1.29 is 4.79 Å². The first-order valence-corrected chi connectivity index (χ1v) is 6.51. The molecule has 0 N–H and O–H groups in total. The summed E-state index contributed by atoms with van der Waals surface area (Å²) in [6, 6.07) is 5.68. The van der Waals surface area contributed by atoms with Gasteiger partial charge < -0.3 is 0 Å². The maximum Gasteiger partial charge on any atom is 0.186 e. The van der Waals surface area contributed by atoms with E-state index in [9.17, 15) is 4.79 Å². The first kappa shape index (κ1) is 12.8. The van der Waals surface area contributed by atoms with Crippen molar-refractivity contribution in [3.05, 3.63) is 39.3 Å². The molecule has 0 amide bonds. The second-order valence-corrected chi connectivity index (χ2v) is 5.25. The van der Waals surface area contributed by atoms with Crippen LogP contribution in [0.3, 0.4) is 0 Å². The monoisotopic (exact) mass is 304 g/mol. The molecule has 0 heterocycles. The molecule has 0 aliphatic carbocycles. The molecule has 1 aromatic rings. The lowest BCUT2D eigenvalue weighted by Crippen LogP contribution is -1.82. The fourth-order valence-corrected chi connectivity index (χ4v) is 2.00. The molecule has 0 saturated carbocycles. The van der Waals surface area contributed by atoms with Crippen LogP contribution in [0.1, 0.15) is 12.5 Å². The molecule has 0 spiro atoms. The third-order valence-corrected chi connectivity index (χ3v) is 3.86. The van der Waals surface area contributed by atoms with Crippen molar-refractivity contribution in [1.82, 2.24) is 0 Å². The molecule has 1 aromatic carbocycles. The summed E-state index contributed by atoms with van der Waals surface area (Å²) in [5.41, 5.74) is 1.02. The van der Waals surface area contributed by atoms with E-state index >= 15 is 0 Å². The van der Waals surface area contributed by atoms with E-state index in [0.29, 0.717) is 10.8 Å². The Hall–Kier alpha value is -0.250. The minimum absolute atomic E-state index is 0.129. The normalized spacial score (nSPS) is 10.9. The van der Waals surface area contributed by atoms with Crippen LogP contribution in [-0.4, -0.2) is 10.9 Å². The van der Waals surface area contributed by atoms with Gasteiger partial charge in [-0.05, 0) is 27.6 Å². The number of benzene rings is 1. The predicted octanol–water partition coefficient (Wildman–Crippen LogP) is 4.40. The van der Waals surface area contributed by atoms with Gasteiger partial charge in [-0.2, -0.15) is 0 Å². The van der Waals surface area contributed by atoms with E-state index in [1.54, 1.807) is 6.92 Å². The van der Waals surface area contributed by atoms with E-state index in [-0.39, 0.29) is 5.12 Å². The Balaban J connectivity index is 2.64. The second kappa shape index (κ2) is 6.36. The molecular weight excluding hydrogens is 296 g/mol. The summed E-state index contributed by atoms with van der Waals surface area (Å²) < 4.78 is 0.885. The molecule has 1 nitrogen and oxygen atoms in total. The van der Waals surface area contributed by atoms with Crippen LogP contribution in [0.2, 0.25) is 5.02 Å². The van der Waals surface area contributed by atoms with Crippen LogP contribution < -0.4 is 0 Å². The smallest absolute Gasteiger partial charge is 0.186 e. The summed E-state index contributed by atoms with van der Waals surface area (Å²) in [5.74, 6) is 0.689. The van der Waals surface area contributed by atoms with Gasteiger partial charge in [-0.25, -0.2) is 0 Å². The molecule has 0 aliphatic heterocycles. The van der Waals surface area contributed by atoms with Crippen molar-refractivity contribution >= 4 is 50.5 Å². The van der Waals surface area contributed by atoms with Crippen LogP contribution >= 0.6 is 39.3 Å². The van der Waals surface area contributed by atoms with Gasteiger partial charge in [0.15, 0.2) is 5.12 Å². The molecule has 0 aromatic heterocycles. The zero-order valence-corrected chi connectivity index (χ0v) is 11.3. The Labute approximate surface area is 107 Å². The third kappa shape index (κ3) is 4.41. The largest absolute Gasteiger partial charge is 0.288 e. The number of thioether (sulfide) groups is 1. The van der Waals surface area contributed by atoms with Gasteiger partial charge in [0.05, 0.1) is 5.02 Å². The average Bonchev–Trinajstić information content (AvgIpc) is 2.18. The first-order chi connectivity index (χ1) is 7.11. The zero-order chi connectivity index (χ0) is 11.3. The summed E-state index contributed by atoms with van der Waals surface area (Å²) in [7, 11) is 0. The van der Waals surface area contributed by atoms with E-state index in [4.69, 9.17) is 11.6 Å². The molecule has 0 bridgehead atoms. The van der Waals surface area contributed by atoms with Gasteiger partial charge >= 0.3 is 0 Å². The van der Waals surface area contributed by atoms with Gasteiger partial charge in [0.25, 0.3) is 0 Å². The molecule has 15 heavy (non-hydrogen) atoms. The minimum Gasteiger partial charge on any atom is -0.288 e. The number of hydrogen-bond acceptors (Lipinski definition) is 2. The molecule has 0 radical (unpaired) electrons. The molecule has 4 heteroatoms. The molecule has 0 aliphatic rings. The van der Waals surface area contributed by atoms with Crippen LogP contribution in [0.25, 0.3) is 6.08 Å². The van der Waals surface area contributed by atoms with Crippen LogP contribution in [0.4, 0.5) is 0 Å². The summed E-state index contributed by atoms with van der Waals surface area (Å²) in [6.45, 7) is 1.56. The highest BCUT2D eigenvalue weighted by Gasteiger charge is 1.99. The Morgan fingerprint density at radius 3 is 3.00 bits per heavy atom. The number of hydrogen-bond donors (Lipinski definition) is 0. The van der Waals surface area contributed by atoms with Crippen molar-refractivity contribution in [3.8, 4) is 0 Å². The molecular formula is C11H10BrClOS. The summed E-state index contributed by atoms with van der Waals surface area (Å²) in [5, 5.41) is 0.821. The van der Waals surface area contributed by atoms with E-state index in [1.807, 2.05) is 30.4 Å². The first-order valence-electron chi connectivity index (χ1n) is 4.35. The van der Waals surface area contributed by atoms with Gasteiger partial charge in [0.2, 0.25) is 0 Å². The van der Waals surface area contributed by atoms with Crippen LogP contribution in [0.5, 0.6) is 0 Å². The van der Waals surface area contributed by atoms with Crippen LogP contribution in [0, 0.1) is 0 Å². The zero-order valence-electron chi connectivity index (χ0n) is 8.17. The highest BCUT2D eigenvalue weighted by molar-refractivity contribution is 9.10. The Kier molecular flexibility index (Phi) is 5.43. The fourth-order valence-electron chi connectivity index (χ4n) is 0.990. The second-order valence-electron chi connectivity index (χ2n) is 2.85. The third-order valence-electron chi connectivity index (χ3n) is 1.66. The number of carbonyl (C=O) groups excluding carboxylic acids is 1. The van der Waals surface area contributed by atoms with E-state index in [1.165, 1.54) is 11.8 Å². The lowest BCUT2D eigenvalue weighted by atomic mass is 10.2.